The molecule has 4 heteroatoms. The lowest BCUT2D eigenvalue weighted by Gasteiger charge is -2.18. The van der Waals surface area contributed by atoms with E-state index < -0.39 is 10.8 Å². The SMILES string of the molecule is CNC(C)C(C)S(=O)CCOC. The third kappa shape index (κ3) is 4.18. The Balaban J connectivity index is 3.75. The smallest absolute Gasteiger partial charge is 0.0577 e. The van der Waals surface area contributed by atoms with Gasteiger partial charge in [-0.1, -0.05) is 0 Å². The Morgan fingerprint density at radius 1 is 1.50 bits per heavy atom. The Morgan fingerprint density at radius 2 is 2.08 bits per heavy atom. The van der Waals surface area contributed by atoms with E-state index in [1.54, 1.807) is 7.11 Å². The molecule has 3 atom stereocenters. The molecule has 12 heavy (non-hydrogen) atoms. The van der Waals surface area contributed by atoms with Gasteiger partial charge >= 0.3 is 0 Å². The summed E-state index contributed by atoms with van der Waals surface area (Å²) in [4.78, 5) is 0. The van der Waals surface area contributed by atoms with Gasteiger partial charge in [-0.25, -0.2) is 0 Å². The minimum absolute atomic E-state index is 0.185. The Kier molecular flexibility index (Phi) is 6.61. The Bertz CT molecular complexity index is 141. The van der Waals surface area contributed by atoms with Crippen LogP contribution in [0.25, 0.3) is 0 Å². The zero-order chi connectivity index (χ0) is 9.56. The second-order valence-electron chi connectivity index (χ2n) is 2.86. The van der Waals surface area contributed by atoms with Crippen LogP contribution < -0.4 is 5.32 Å². The van der Waals surface area contributed by atoms with Crippen molar-refractivity contribution in [2.75, 3.05) is 26.5 Å². The van der Waals surface area contributed by atoms with Crippen LogP contribution in [0.4, 0.5) is 0 Å². The zero-order valence-corrected chi connectivity index (χ0v) is 9.11. The van der Waals surface area contributed by atoms with Gasteiger partial charge in [0.05, 0.1) is 6.61 Å². The van der Waals surface area contributed by atoms with Crippen LogP contribution in [0.5, 0.6) is 0 Å². The maximum Gasteiger partial charge on any atom is 0.0577 e. The van der Waals surface area contributed by atoms with E-state index in [1.165, 1.54) is 0 Å². The van der Waals surface area contributed by atoms with Gasteiger partial charge in [0.15, 0.2) is 0 Å². The second kappa shape index (κ2) is 6.57. The fourth-order valence-electron chi connectivity index (χ4n) is 0.814. The summed E-state index contributed by atoms with van der Waals surface area (Å²) in [7, 11) is 2.73. The van der Waals surface area contributed by atoms with E-state index in [0.717, 1.165) is 0 Å². The van der Waals surface area contributed by atoms with E-state index in [9.17, 15) is 4.21 Å². The van der Waals surface area contributed by atoms with Crippen molar-refractivity contribution >= 4 is 10.8 Å². The molecular weight excluding hydrogens is 174 g/mol. The number of ether oxygens (including phenoxy) is 1. The normalized spacial score (nSPS) is 18.7. The maximum absolute atomic E-state index is 11.5. The van der Waals surface area contributed by atoms with Crippen LogP contribution in [0, 0.1) is 0 Å². The van der Waals surface area contributed by atoms with E-state index in [4.69, 9.17) is 4.74 Å². The van der Waals surface area contributed by atoms with Gasteiger partial charge in [-0.05, 0) is 20.9 Å². The van der Waals surface area contributed by atoms with Crippen LogP contribution in [0.1, 0.15) is 13.8 Å². The number of hydrogen-bond acceptors (Lipinski definition) is 3. The molecule has 1 N–H and O–H groups in total. The third-order valence-corrected chi connectivity index (χ3v) is 3.87. The molecule has 0 saturated heterocycles. The van der Waals surface area contributed by atoms with Crippen molar-refractivity contribution in [3.63, 3.8) is 0 Å². The molecule has 0 fully saturated rings. The highest BCUT2D eigenvalue weighted by Crippen LogP contribution is 2.01. The summed E-state index contributed by atoms with van der Waals surface area (Å²) in [6, 6.07) is 0.294. The Morgan fingerprint density at radius 3 is 2.50 bits per heavy atom. The molecule has 3 unspecified atom stereocenters. The van der Waals surface area contributed by atoms with Crippen LogP contribution in [0.15, 0.2) is 0 Å². The number of nitrogens with one attached hydrogen (secondary N) is 1. The minimum atomic E-state index is -0.782. The maximum atomic E-state index is 11.5. The first kappa shape index (κ1) is 12.1. The van der Waals surface area contributed by atoms with Crippen molar-refractivity contribution in [1.82, 2.24) is 5.32 Å². The topological polar surface area (TPSA) is 38.3 Å². The summed E-state index contributed by atoms with van der Waals surface area (Å²) in [6.07, 6.45) is 0. The Hall–Kier alpha value is 0.0700. The van der Waals surface area contributed by atoms with Crippen LogP contribution in [0.3, 0.4) is 0 Å². The van der Waals surface area contributed by atoms with Gasteiger partial charge in [0.1, 0.15) is 0 Å². The lowest BCUT2D eigenvalue weighted by atomic mass is 10.3. The fraction of sp³-hybridized carbons (Fsp3) is 1.00. The summed E-state index contributed by atoms with van der Waals surface area (Å²) in [5.41, 5.74) is 0. The first-order valence-electron chi connectivity index (χ1n) is 4.16. The fourth-order valence-corrected chi connectivity index (χ4v) is 2.11. The summed E-state index contributed by atoms with van der Waals surface area (Å²) in [5, 5.41) is 3.27. The predicted octanol–water partition coefficient (Wildman–Crippen LogP) is 0.378. The Labute approximate surface area is 77.3 Å². The predicted molar refractivity (Wildman–Crippen MR) is 52.9 cm³/mol. The molecule has 3 nitrogen and oxygen atoms in total. The van der Waals surface area contributed by atoms with Gasteiger partial charge in [-0.2, -0.15) is 0 Å². The van der Waals surface area contributed by atoms with E-state index >= 15 is 0 Å². The van der Waals surface area contributed by atoms with Crippen molar-refractivity contribution < 1.29 is 8.95 Å². The van der Waals surface area contributed by atoms with Crippen molar-refractivity contribution in [1.29, 1.82) is 0 Å². The summed E-state index contributed by atoms with van der Waals surface area (Å²) in [5.74, 6) is 0.629. The molecule has 0 spiro atoms. The van der Waals surface area contributed by atoms with Crippen molar-refractivity contribution in [3.8, 4) is 0 Å². The van der Waals surface area contributed by atoms with Gasteiger partial charge in [0.25, 0.3) is 0 Å². The van der Waals surface area contributed by atoms with E-state index in [-0.39, 0.29) is 5.25 Å². The molecule has 0 aromatic carbocycles. The van der Waals surface area contributed by atoms with E-state index in [2.05, 4.69) is 5.32 Å². The molecule has 0 rings (SSSR count). The van der Waals surface area contributed by atoms with Crippen molar-refractivity contribution in [2.24, 2.45) is 0 Å². The number of rotatable bonds is 6. The molecular formula is C8H19NO2S. The van der Waals surface area contributed by atoms with E-state index in [1.807, 2.05) is 20.9 Å². The lowest BCUT2D eigenvalue weighted by molar-refractivity contribution is 0.217. The van der Waals surface area contributed by atoms with Crippen molar-refractivity contribution in [3.05, 3.63) is 0 Å². The number of methoxy groups -OCH3 is 1. The summed E-state index contributed by atoms with van der Waals surface area (Å²) < 4.78 is 16.4. The van der Waals surface area contributed by atoms with Gasteiger partial charge in [0.2, 0.25) is 0 Å². The molecule has 0 heterocycles. The summed E-state index contributed by atoms with van der Waals surface area (Å²) >= 11 is 0. The average molecular weight is 193 g/mol. The van der Waals surface area contributed by atoms with Crippen molar-refractivity contribution in [2.45, 2.75) is 25.1 Å². The van der Waals surface area contributed by atoms with Gasteiger partial charge in [-0.15, -0.1) is 0 Å². The molecule has 0 aliphatic heterocycles. The quantitative estimate of drug-likeness (QED) is 0.662. The average Bonchev–Trinajstić information content (AvgIpc) is 2.11. The van der Waals surface area contributed by atoms with Crippen LogP contribution in [-0.4, -0.2) is 42.0 Å². The van der Waals surface area contributed by atoms with Crippen LogP contribution in [-0.2, 0) is 15.5 Å². The van der Waals surface area contributed by atoms with E-state index in [0.29, 0.717) is 18.4 Å². The monoisotopic (exact) mass is 193 g/mol. The molecule has 0 aromatic rings. The largest absolute Gasteiger partial charge is 0.384 e. The standard InChI is InChI=1S/C8H19NO2S/c1-7(9-3)8(2)12(10)6-5-11-4/h7-9H,5-6H2,1-4H3. The van der Waals surface area contributed by atoms with Crippen LogP contribution in [0.2, 0.25) is 0 Å². The molecule has 0 amide bonds. The summed E-state index contributed by atoms with van der Waals surface area (Å²) in [6.45, 7) is 4.61. The lowest BCUT2D eigenvalue weighted by Crippen LogP contribution is -2.36. The highest BCUT2D eigenvalue weighted by atomic mass is 32.2. The molecule has 0 aromatic heterocycles. The highest BCUT2D eigenvalue weighted by molar-refractivity contribution is 7.85. The number of hydrogen-bond donors (Lipinski definition) is 1. The zero-order valence-electron chi connectivity index (χ0n) is 8.29. The second-order valence-corrected chi connectivity index (χ2v) is 4.77. The van der Waals surface area contributed by atoms with Gasteiger partial charge < -0.3 is 10.1 Å². The molecule has 0 saturated carbocycles. The highest BCUT2D eigenvalue weighted by Gasteiger charge is 2.16. The van der Waals surface area contributed by atoms with Crippen LogP contribution >= 0.6 is 0 Å². The van der Waals surface area contributed by atoms with Gasteiger partial charge in [0, 0.05) is 35.0 Å². The molecule has 0 radical (unpaired) electrons. The molecule has 0 bridgehead atoms. The first-order valence-corrected chi connectivity index (χ1v) is 5.55. The molecule has 74 valence electrons. The van der Waals surface area contributed by atoms with Gasteiger partial charge in [-0.3, -0.25) is 4.21 Å². The molecule has 0 aliphatic carbocycles. The first-order chi connectivity index (χ1) is 5.63. The minimum Gasteiger partial charge on any atom is -0.384 e. The molecule has 0 aliphatic rings. The third-order valence-electron chi connectivity index (χ3n) is 2.06.